The largest absolute Gasteiger partial charge is 0.322 e. The van der Waals surface area contributed by atoms with Crippen molar-refractivity contribution in [2.75, 3.05) is 31.5 Å². The lowest BCUT2D eigenvalue weighted by Gasteiger charge is -2.32. The smallest absolute Gasteiger partial charge is 0.288 e. The molecule has 4 nitrogen and oxygen atoms in total. The topological polar surface area (TPSA) is 38.0 Å². The molecule has 150 valence electrons. The zero-order valence-electron chi connectivity index (χ0n) is 16.0. The van der Waals surface area contributed by atoms with Gasteiger partial charge in [0.05, 0.1) is 0 Å². The molecule has 2 aromatic carbocycles. The SMILES string of the molecule is C[C@H](C(=O)Nc1ccc(SC(F)F)cc1)[NH+]1CC[NH+](Cc2ccccc2)CC1. The number of carbonyl (C=O) groups is 1. The number of piperazine rings is 1. The fourth-order valence-corrected chi connectivity index (χ4v) is 4.07. The van der Waals surface area contributed by atoms with Crippen LogP contribution < -0.4 is 15.1 Å². The van der Waals surface area contributed by atoms with Gasteiger partial charge in [-0.2, -0.15) is 8.78 Å². The van der Waals surface area contributed by atoms with E-state index in [0.29, 0.717) is 22.3 Å². The number of quaternary nitrogens is 2. The van der Waals surface area contributed by atoms with E-state index in [-0.39, 0.29) is 11.9 Å². The predicted molar refractivity (Wildman–Crippen MR) is 108 cm³/mol. The Hall–Kier alpha value is -1.96. The first-order valence-electron chi connectivity index (χ1n) is 9.59. The molecule has 1 amide bonds. The van der Waals surface area contributed by atoms with E-state index in [1.165, 1.54) is 10.5 Å². The molecule has 0 unspecified atom stereocenters. The van der Waals surface area contributed by atoms with Gasteiger partial charge in [0.15, 0.2) is 6.04 Å². The Labute approximate surface area is 168 Å². The highest BCUT2D eigenvalue weighted by Gasteiger charge is 2.31. The third-order valence-corrected chi connectivity index (χ3v) is 5.97. The van der Waals surface area contributed by atoms with Gasteiger partial charge in [0.2, 0.25) is 0 Å². The van der Waals surface area contributed by atoms with Crippen molar-refractivity contribution in [1.29, 1.82) is 0 Å². The van der Waals surface area contributed by atoms with Gasteiger partial charge in [-0.3, -0.25) is 4.79 Å². The van der Waals surface area contributed by atoms with E-state index in [4.69, 9.17) is 0 Å². The van der Waals surface area contributed by atoms with E-state index in [0.717, 1.165) is 32.7 Å². The summed E-state index contributed by atoms with van der Waals surface area (Å²) in [7, 11) is 0. The average Bonchev–Trinajstić information content (AvgIpc) is 2.70. The Morgan fingerprint density at radius 1 is 1.04 bits per heavy atom. The fourth-order valence-electron chi connectivity index (χ4n) is 3.57. The summed E-state index contributed by atoms with van der Waals surface area (Å²) < 4.78 is 24.8. The second-order valence-corrected chi connectivity index (χ2v) is 8.25. The van der Waals surface area contributed by atoms with Crippen LogP contribution in [0.25, 0.3) is 0 Å². The van der Waals surface area contributed by atoms with Crippen LogP contribution in [0.1, 0.15) is 12.5 Å². The molecule has 0 spiro atoms. The second kappa shape index (κ2) is 10.0. The lowest BCUT2D eigenvalue weighted by atomic mass is 10.1. The third kappa shape index (κ3) is 6.02. The monoisotopic (exact) mass is 407 g/mol. The molecule has 1 atom stereocenters. The molecule has 2 aromatic rings. The number of anilines is 1. The van der Waals surface area contributed by atoms with E-state index in [1.54, 1.807) is 29.2 Å². The molecule has 0 bridgehead atoms. The highest BCUT2D eigenvalue weighted by Crippen LogP contribution is 2.26. The normalized spacial score (nSPS) is 20.7. The van der Waals surface area contributed by atoms with Gasteiger partial charge in [0, 0.05) is 16.1 Å². The quantitative estimate of drug-likeness (QED) is 0.606. The molecule has 0 aromatic heterocycles. The molecule has 0 radical (unpaired) electrons. The molecule has 1 saturated heterocycles. The molecule has 7 heteroatoms. The van der Waals surface area contributed by atoms with E-state index < -0.39 is 5.76 Å². The molecule has 1 fully saturated rings. The molecule has 1 heterocycles. The number of amides is 1. The lowest BCUT2D eigenvalue weighted by Crippen LogP contribution is -3.29. The van der Waals surface area contributed by atoms with Gasteiger partial charge in [0.25, 0.3) is 11.7 Å². The van der Waals surface area contributed by atoms with Gasteiger partial charge in [-0.05, 0) is 31.2 Å². The van der Waals surface area contributed by atoms with Gasteiger partial charge in [-0.15, -0.1) is 0 Å². The van der Waals surface area contributed by atoms with Gasteiger partial charge < -0.3 is 15.1 Å². The van der Waals surface area contributed by atoms with Crippen molar-refractivity contribution in [3.8, 4) is 0 Å². The number of nitrogens with one attached hydrogen (secondary N) is 3. The number of benzene rings is 2. The van der Waals surface area contributed by atoms with E-state index in [1.807, 2.05) is 13.0 Å². The zero-order chi connectivity index (χ0) is 19.9. The van der Waals surface area contributed by atoms with E-state index in [9.17, 15) is 13.6 Å². The summed E-state index contributed by atoms with van der Waals surface area (Å²) in [6.07, 6.45) is 0. The Kier molecular flexibility index (Phi) is 7.42. The van der Waals surface area contributed by atoms with Crippen molar-refractivity contribution < 1.29 is 23.4 Å². The minimum absolute atomic E-state index is 0.0317. The maximum Gasteiger partial charge on any atom is 0.288 e. The zero-order valence-corrected chi connectivity index (χ0v) is 16.8. The summed E-state index contributed by atoms with van der Waals surface area (Å²) >= 11 is 0.503. The van der Waals surface area contributed by atoms with Gasteiger partial charge in [-0.25, -0.2) is 0 Å². The molecule has 0 saturated carbocycles. The lowest BCUT2D eigenvalue weighted by molar-refractivity contribution is -1.02. The first-order chi connectivity index (χ1) is 13.5. The molecule has 0 aliphatic carbocycles. The van der Waals surface area contributed by atoms with Crippen molar-refractivity contribution in [2.45, 2.75) is 30.2 Å². The molecular formula is C21H27F2N3OS+2. The van der Waals surface area contributed by atoms with E-state index >= 15 is 0 Å². The van der Waals surface area contributed by atoms with Gasteiger partial charge in [0.1, 0.15) is 32.7 Å². The number of carbonyl (C=O) groups excluding carboxylic acids is 1. The predicted octanol–water partition coefficient (Wildman–Crippen LogP) is 1.31. The number of thioether (sulfide) groups is 1. The second-order valence-electron chi connectivity index (χ2n) is 7.18. The molecule has 3 N–H and O–H groups in total. The van der Waals surface area contributed by atoms with Crippen molar-refractivity contribution in [1.82, 2.24) is 0 Å². The van der Waals surface area contributed by atoms with Crippen LogP contribution in [0.15, 0.2) is 59.5 Å². The minimum Gasteiger partial charge on any atom is -0.322 e. The Morgan fingerprint density at radius 3 is 2.29 bits per heavy atom. The van der Waals surface area contributed by atoms with Crippen LogP contribution in [0, 0.1) is 0 Å². The standard InChI is InChI=1S/C21H25F2N3OS/c1-16(20(27)24-18-7-9-19(10-8-18)28-21(22)23)26-13-11-25(12-14-26)15-17-5-3-2-4-6-17/h2-10,16,21H,11-15H2,1H3,(H,24,27)/p+2/t16-/m1/s1. The maximum atomic E-state index is 12.6. The van der Waals surface area contributed by atoms with Crippen LogP contribution in [-0.4, -0.2) is 43.9 Å². The number of alkyl halides is 2. The third-order valence-electron chi connectivity index (χ3n) is 5.25. The summed E-state index contributed by atoms with van der Waals surface area (Å²) in [6.45, 7) is 6.98. The summed E-state index contributed by atoms with van der Waals surface area (Å²) in [4.78, 5) is 15.9. The van der Waals surface area contributed by atoms with Crippen LogP contribution in [0.2, 0.25) is 0 Å². The first kappa shape index (κ1) is 20.8. The van der Waals surface area contributed by atoms with Crippen LogP contribution in [0.4, 0.5) is 14.5 Å². The Balaban J connectivity index is 1.46. The number of hydrogen-bond donors (Lipinski definition) is 3. The fraction of sp³-hybridized carbons (Fsp3) is 0.381. The summed E-state index contributed by atoms with van der Waals surface area (Å²) in [5.74, 6) is -2.47. The highest BCUT2D eigenvalue weighted by molar-refractivity contribution is 7.99. The van der Waals surface area contributed by atoms with Crippen LogP contribution in [0.5, 0.6) is 0 Å². The Morgan fingerprint density at radius 2 is 1.68 bits per heavy atom. The summed E-state index contributed by atoms with van der Waals surface area (Å²) in [6, 6.07) is 16.9. The van der Waals surface area contributed by atoms with Crippen molar-refractivity contribution >= 4 is 23.4 Å². The summed E-state index contributed by atoms with van der Waals surface area (Å²) in [5.41, 5.74) is 1.99. The minimum atomic E-state index is -2.44. The molecule has 1 aliphatic heterocycles. The van der Waals surface area contributed by atoms with Crippen LogP contribution >= 0.6 is 11.8 Å². The van der Waals surface area contributed by atoms with Crippen molar-refractivity contribution in [3.05, 3.63) is 60.2 Å². The summed E-state index contributed by atoms with van der Waals surface area (Å²) in [5, 5.41) is 2.91. The molecule has 28 heavy (non-hydrogen) atoms. The van der Waals surface area contributed by atoms with E-state index in [2.05, 4.69) is 29.6 Å². The number of halogens is 2. The van der Waals surface area contributed by atoms with Gasteiger partial charge in [-0.1, -0.05) is 42.1 Å². The molecular weight excluding hydrogens is 380 g/mol. The molecule has 1 aliphatic rings. The maximum absolute atomic E-state index is 12.6. The van der Waals surface area contributed by atoms with Crippen LogP contribution in [0.3, 0.4) is 0 Å². The highest BCUT2D eigenvalue weighted by atomic mass is 32.2. The molecule has 3 rings (SSSR count). The van der Waals surface area contributed by atoms with Crippen molar-refractivity contribution in [3.63, 3.8) is 0 Å². The number of hydrogen-bond acceptors (Lipinski definition) is 2. The first-order valence-corrected chi connectivity index (χ1v) is 10.5. The van der Waals surface area contributed by atoms with Crippen LogP contribution in [-0.2, 0) is 11.3 Å². The number of rotatable bonds is 7. The van der Waals surface area contributed by atoms with Crippen molar-refractivity contribution in [2.24, 2.45) is 0 Å². The average molecular weight is 408 g/mol. The Bertz CT molecular complexity index is 750. The van der Waals surface area contributed by atoms with Gasteiger partial charge >= 0.3 is 0 Å².